The smallest absolute Gasteiger partial charge is 0.207 e. The zero-order valence-electron chi connectivity index (χ0n) is 6.97. The van der Waals surface area contributed by atoms with Crippen molar-refractivity contribution in [1.82, 2.24) is 14.7 Å². The lowest BCUT2D eigenvalue weighted by Gasteiger charge is -1.89. The van der Waals surface area contributed by atoms with Gasteiger partial charge in [0.15, 0.2) is 0 Å². The molecule has 0 unspecified atom stereocenters. The van der Waals surface area contributed by atoms with Gasteiger partial charge in [-0.25, -0.2) is 4.98 Å². The van der Waals surface area contributed by atoms with E-state index < -0.39 is 0 Å². The van der Waals surface area contributed by atoms with E-state index in [1.165, 1.54) is 0 Å². The van der Waals surface area contributed by atoms with Crippen LogP contribution in [-0.4, -0.2) is 15.8 Å². The molecule has 2 aromatic rings. The summed E-state index contributed by atoms with van der Waals surface area (Å²) in [7, 11) is 0. The number of nitrogens with zero attached hydrogens (tertiary/aromatic N) is 2. The molecule has 1 N–H and O–H groups in total. The van der Waals surface area contributed by atoms with Crippen LogP contribution in [0.5, 0.6) is 0 Å². The SMILES string of the molecule is O=CNCc1cn2ccccc2n1. The number of pyridine rings is 1. The average molecular weight is 175 g/mol. The quantitative estimate of drug-likeness (QED) is 0.693. The van der Waals surface area contributed by atoms with Crippen LogP contribution in [0.2, 0.25) is 0 Å². The highest BCUT2D eigenvalue weighted by molar-refractivity contribution is 5.46. The largest absolute Gasteiger partial charge is 0.353 e. The van der Waals surface area contributed by atoms with Gasteiger partial charge in [0.1, 0.15) is 5.65 Å². The molecule has 1 amide bonds. The Kier molecular flexibility index (Phi) is 1.96. The van der Waals surface area contributed by atoms with E-state index >= 15 is 0 Å². The topological polar surface area (TPSA) is 46.4 Å². The van der Waals surface area contributed by atoms with Gasteiger partial charge in [-0.05, 0) is 12.1 Å². The average Bonchev–Trinajstić information content (AvgIpc) is 2.57. The van der Waals surface area contributed by atoms with Crippen LogP contribution in [0.15, 0.2) is 30.6 Å². The summed E-state index contributed by atoms with van der Waals surface area (Å²) in [5.41, 5.74) is 1.75. The fourth-order valence-electron chi connectivity index (χ4n) is 1.22. The van der Waals surface area contributed by atoms with Crippen molar-refractivity contribution in [1.29, 1.82) is 0 Å². The van der Waals surface area contributed by atoms with Gasteiger partial charge in [0.2, 0.25) is 6.41 Å². The highest BCUT2D eigenvalue weighted by Crippen LogP contribution is 2.03. The van der Waals surface area contributed by atoms with Crippen molar-refractivity contribution in [3.05, 3.63) is 36.3 Å². The molecule has 0 saturated heterocycles. The van der Waals surface area contributed by atoms with Crippen LogP contribution in [0.3, 0.4) is 0 Å². The maximum Gasteiger partial charge on any atom is 0.207 e. The van der Waals surface area contributed by atoms with Crippen LogP contribution in [0.4, 0.5) is 0 Å². The highest BCUT2D eigenvalue weighted by atomic mass is 16.1. The van der Waals surface area contributed by atoms with Crippen molar-refractivity contribution in [3.8, 4) is 0 Å². The fraction of sp³-hybridized carbons (Fsp3) is 0.111. The third-order valence-corrected chi connectivity index (χ3v) is 1.78. The lowest BCUT2D eigenvalue weighted by atomic mass is 10.5. The van der Waals surface area contributed by atoms with E-state index in [4.69, 9.17) is 0 Å². The van der Waals surface area contributed by atoms with E-state index in [9.17, 15) is 4.79 Å². The Hall–Kier alpha value is -1.84. The predicted octanol–water partition coefficient (Wildman–Crippen LogP) is 0.580. The van der Waals surface area contributed by atoms with Crippen LogP contribution in [0.1, 0.15) is 5.69 Å². The molecule has 0 atom stereocenters. The number of amides is 1. The Balaban J connectivity index is 2.32. The van der Waals surface area contributed by atoms with E-state index in [-0.39, 0.29) is 0 Å². The molecule has 4 heteroatoms. The second-order valence-electron chi connectivity index (χ2n) is 2.70. The summed E-state index contributed by atoms with van der Waals surface area (Å²) in [5.74, 6) is 0. The molecule has 0 aliphatic carbocycles. The summed E-state index contributed by atoms with van der Waals surface area (Å²) >= 11 is 0. The van der Waals surface area contributed by atoms with E-state index in [1.807, 2.05) is 35.0 Å². The third-order valence-electron chi connectivity index (χ3n) is 1.78. The number of aromatic nitrogens is 2. The number of hydrogen-bond acceptors (Lipinski definition) is 2. The number of rotatable bonds is 3. The number of nitrogens with one attached hydrogen (secondary N) is 1. The Bertz CT molecular complexity index is 388. The van der Waals surface area contributed by atoms with E-state index in [0.717, 1.165) is 11.3 Å². The summed E-state index contributed by atoms with van der Waals surface area (Å²) in [6.45, 7) is 0.477. The Labute approximate surface area is 75.2 Å². The normalized spacial score (nSPS) is 10.2. The first-order valence-electron chi connectivity index (χ1n) is 4.00. The first-order valence-corrected chi connectivity index (χ1v) is 4.00. The summed E-state index contributed by atoms with van der Waals surface area (Å²) < 4.78 is 1.92. The van der Waals surface area contributed by atoms with E-state index in [1.54, 1.807) is 0 Å². The van der Waals surface area contributed by atoms with Crippen molar-refractivity contribution < 1.29 is 4.79 Å². The minimum Gasteiger partial charge on any atom is -0.353 e. The number of hydrogen-bond donors (Lipinski definition) is 1. The molecule has 2 heterocycles. The Morgan fingerprint density at radius 3 is 3.23 bits per heavy atom. The molecule has 0 aromatic carbocycles. The Morgan fingerprint density at radius 1 is 1.54 bits per heavy atom. The monoisotopic (exact) mass is 175 g/mol. The van der Waals surface area contributed by atoms with Gasteiger partial charge >= 0.3 is 0 Å². The zero-order chi connectivity index (χ0) is 9.10. The molecule has 4 nitrogen and oxygen atoms in total. The van der Waals surface area contributed by atoms with Crippen molar-refractivity contribution in [2.45, 2.75) is 6.54 Å². The fourth-order valence-corrected chi connectivity index (χ4v) is 1.22. The molecule has 0 aliphatic heterocycles. The molecule has 0 fully saturated rings. The van der Waals surface area contributed by atoms with Crippen LogP contribution in [0, 0.1) is 0 Å². The maximum absolute atomic E-state index is 10.0. The first-order chi connectivity index (χ1) is 6.40. The van der Waals surface area contributed by atoms with Gasteiger partial charge in [-0.1, -0.05) is 6.07 Å². The molecule has 0 spiro atoms. The lowest BCUT2D eigenvalue weighted by Crippen LogP contribution is -2.09. The number of carbonyl (C=O) groups excluding carboxylic acids is 1. The van der Waals surface area contributed by atoms with Crippen LogP contribution < -0.4 is 5.32 Å². The minimum absolute atomic E-state index is 0.477. The van der Waals surface area contributed by atoms with Gasteiger partial charge in [-0.2, -0.15) is 0 Å². The highest BCUT2D eigenvalue weighted by Gasteiger charge is 1.98. The summed E-state index contributed by atoms with van der Waals surface area (Å²) in [6, 6.07) is 5.79. The standard InChI is InChI=1S/C9H9N3O/c13-7-10-5-8-6-12-4-2-1-3-9(12)11-8/h1-4,6-7H,5H2,(H,10,13). The molecule has 13 heavy (non-hydrogen) atoms. The molecule has 0 radical (unpaired) electrons. The number of carbonyl (C=O) groups is 1. The second-order valence-corrected chi connectivity index (χ2v) is 2.70. The van der Waals surface area contributed by atoms with Gasteiger partial charge in [0.05, 0.1) is 12.2 Å². The van der Waals surface area contributed by atoms with E-state index in [2.05, 4.69) is 10.3 Å². The summed E-state index contributed by atoms with van der Waals surface area (Å²) in [4.78, 5) is 14.3. The third kappa shape index (κ3) is 1.51. The van der Waals surface area contributed by atoms with Gasteiger partial charge in [0.25, 0.3) is 0 Å². The van der Waals surface area contributed by atoms with Crippen molar-refractivity contribution in [3.63, 3.8) is 0 Å². The molecule has 0 bridgehead atoms. The van der Waals surface area contributed by atoms with Crippen molar-refractivity contribution in [2.24, 2.45) is 0 Å². The van der Waals surface area contributed by atoms with Gasteiger partial charge in [0, 0.05) is 12.4 Å². The maximum atomic E-state index is 10.0. The Morgan fingerprint density at radius 2 is 2.46 bits per heavy atom. The van der Waals surface area contributed by atoms with Gasteiger partial charge in [-0.15, -0.1) is 0 Å². The van der Waals surface area contributed by atoms with Crippen LogP contribution in [-0.2, 0) is 11.3 Å². The van der Waals surface area contributed by atoms with Crippen LogP contribution >= 0.6 is 0 Å². The van der Waals surface area contributed by atoms with Crippen molar-refractivity contribution in [2.75, 3.05) is 0 Å². The number of imidazole rings is 1. The summed E-state index contributed by atoms with van der Waals surface area (Å²) in [5, 5.41) is 2.57. The van der Waals surface area contributed by atoms with Crippen molar-refractivity contribution >= 4 is 12.1 Å². The number of fused-ring (bicyclic) bond motifs is 1. The molecule has 0 aliphatic rings. The second kappa shape index (κ2) is 3.26. The van der Waals surface area contributed by atoms with Gasteiger partial charge < -0.3 is 9.72 Å². The zero-order valence-corrected chi connectivity index (χ0v) is 6.97. The lowest BCUT2D eigenvalue weighted by molar-refractivity contribution is -0.109. The van der Waals surface area contributed by atoms with Gasteiger partial charge in [-0.3, -0.25) is 4.79 Å². The molecular weight excluding hydrogens is 166 g/mol. The predicted molar refractivity (Wildman–Crippen MR) is 48.1 cm³/mol. The molecular formula is C9H9N3O. The molecule has 2 aromatic heterocycles. The first kappa shape index (κ1) is 7.79. The van der Waals surface area contributed by atoms with Crippen LogP contribution in [0.25, 0.3) is 5.65 Å². The minimum atomic E-state index is 0.477. The summed E-state index contributed by atoms with van der Waals surface area (Å²) in [6.07, 6.45) is 4.49. The molecule has 0 saturated carbocycles. The molecule has 2 rings (SSSR count). The van der Waals surface area contributed by atoms with E-state index in [0.29, 0.717) is 13.0 Å². The molecule has 66 valence electrons.